The van der Waals surface area contributed by atoms with E-state index in [0.29, 0.717) is 6.54 Å². The first-order valence-corrected chi connectivity index (χ1v) is 2.88. The smallest absolute Gasteiger partial charge is 0.0555 e. The Balaban J connectivity index is 0. The predicted octanol–water partition coefficient (Wildman–Crippen LogP) is -1.59. The van der Waals surface area contributed by atoms with Crippen molar-refractivity contribution in [3.8, 4) is 0 Å². The van der Waals surface area contributed by atoms with Gasteiger partial charge in [-0.2, -0.15) is 0 Å². The number of rotatable bonds is 5. The van der Waals surface area contributed by atoms with Crippen molar-refractivity contribution in [1.82, 2.24) is 10.6 Å². The van der Waals surface area contributed by atoms with Crippen LogP contribution in [-0.4, -0.2) is 68.0 Å². The van der Waals surface area contributed by atoms with Crippen LogP contribution in [0.15, 0.2) is 0 Å². The summed E-state index contributed by atoms with van der Waals surface area (Å²) in [7, 11) is 1.90. The van der Waals surface area contributed by atoms with Crippen LogP contribution in [0, 0.1) is 0 Å². The number of likely N-dealkylation sites (N-methyl/N-ethyl adjacent to an activating group) is 1. The summed E-state index contributed by atoms with van der Waals surface area (Å²) in [5.41, 5.74) is 0. The van der Waals surface area contributed by atoms with E-state index in [1.807, 2.05) is 7.05 Å². The van der Waals surface area contributed by atoms with Gasteiger partial charge >= 0.3 is 0 Å². The van der Waals surface area contributed by atoms with Gasteiger partial charge in [-0.1, -0.05) is 0 Å². The summed E-state index contributed by atoms with van der Waals surface area (Å²) in [6.45, 7) is 2.81. The molecular formula is C5H14N2NaO. The fraction of sp³-hybridized carbons (Fsp3) is 1.00. The molecule has 51 valence electrons. The van der Waals surface area contributed by atoms with Crippen LogP contribution in [0.25, 0.3) is 0 Å². The molecule has 0 bridgehead atoms. The molecule has 0 aliphatic heterocycles. The van der Waals surface area contributed by atoms with Crippen molar-refractivity contribution in [2.45, 2.75) is 0 Å². The van der Waals surface area contributed by atoms with Crippen molar-refractivity contribution >= 4 is 29.6 Å². The molecule has 0 saturated carbocycles. The van der Waals surface area contributed by atoms with E-state index in [4.69, 9.17) is 5.11 Å². The average Bonchev–Trinajstić information content (AvgIpc) is 1.81. The summed E-state index contributed by atoms with van der Waals surface area (Å²) in [4.78, 5) is 0. The molecule has 9 heavy (non-hydrogen) atoms. The molecule has 0 aromatic carbocycles. The van der Waals surface area contributed by atoms with Gasteiger partial charge < -0.3 is 15.7 Å². The van der Waals surface area contributed by atoms with Crippen LogP contribution in [0.3, 0.4) is 0 Å². The summed E-state index contributed by atoms with van der Waals surface area (Å²) < 4.78 is 0. The Hall–Kier alpha value is 0.880. The van der Waals surface area contributed by atoms with Gasteiger partial charge in [-0.25, -0.2) is 0 Å². The molecule has 4 heteroatoms. The zero-order valence-electron chi connectivity index (χ0n) is 6.28. The van der Waals surface area contributed by atoms with Gasteiger partial charge in [0.2, 0.25) is 0 Å². The number of hydrogen-bond donors (Lipinski definition) is 3. The molecule has 0 aromatic heterocycles. The Morgan fingerprint density at radius 3 is 2.33 bits per heavy atom. The van der Waals surface area contributed by atoms with E-state index in [1.165, 1.54) is 0 Å². The van der Waals surface area contributed by atoms with Gasteiger partial charge in [-0.15, -0.1) is 0 Å². The first kappa shape index (κ1) is 12.5. The monoisotopic (exact) mass is 141 g/mol. The standard InChI is InChI=1S/C5H14N2O.Na/c1-6-2-3-7-4-5-8;/h6-8H,2-5H2,1H3;. The first-order chi connectivity index (χ1) is 3.91. The molecule has 3 N–H and O–H groups in total. The van der Waals surface area contributed by atoms with Crippen LogP contribution in [0.2, 0.25) is 0 Å². The molecule has 3 nitrogen and oxygen atoms in total. The minimum absolute atomic E-state index is 0. The molecule has 0 aliphatic rings. The third-order valence-electron chi connectivity index (χ3n) is 0.840. The van der Waals surface area contributed by atoms with Gasteiger partial charge in [-0.05, 0) is 7.05 Å². The van der Waals surface area contributed by atoms with Gasteiger partial charge in [0.05, 0.1) is 6.61 Å². The minimum atomic E-state index is 0. The number of hydrogen-bond acceptors (Lipinski definition) is 3. The summed E-state index contributed by atoms with van der Waals surface area (Å²) in [6.07, 6.45) is 0. The normalized spacial score (nSPS) is 8.67. The van der Waals surface area contributed by atoms with E-state index in [-0.39, 0.29) is 36.2 Å². The second-order valence-electron chi connectivity index (χ2n) is 1.58. The second kappa shape index (κ2) is 11.6. The van der Waals surface area contributed by atoms with Crippen molar-refractivity contribution in [3.63, 3.8) is 0 Å². The SMILES string of the molecule is CNCCNCCO.[Na]. The van der Waals surface area contributed by atoms with Gasteiger partial charge in [0.25, 0.3) is 0 Å². The molecule has 0 unspecified atom stereocenters. The Kier molecular flexibility index (Phi) is 16.2. The third-order valence-corrected chi connectivity index (χ3v) is 0.840. The number of aliphatic hydroxyl groups excluding tert-OH is 1. The average molecular weight is 141 g/mol. The maximum Gasteiger partial charge on any atom is 0.0555 e. The van der Waals surface area contributed by atoms with Crippen LogP contribution < -0.4 is 10.6 Å². The van der Waals surface area contributed by atoms with Crippen LogP contribution in [-0.2, 0) is 0 Å². The van der Waals surface area contributed by atoms with E-state index in [0.717, 1.165) is 13.1 Å². The molecule has 0 amide bonds. The van der Waals surface area contributed by atoms with Crippen molar-refractivity contribution in [1.29, 1.82) is 0 Å². The Morgan fingerprint density at radius 2 is 1.89 bits per heavy atom. The van der Waals surface area contributed by atoms with E-state index in [9.17, 15) is 0 Å². The summed E-state index contributed by atoms with van der Waals surface area (Å²) in [5, 5.41) is 14.3. The van der Waals surface area contributed by atoms with Crippen molar-refractivity contribution < 1.29 is 5.11 Å². The Morgan fingerprint density at radius 1 is 1.22 bits per heavy atom. The van der Waals surface area contributed by atoms with Crippen LogP contribution in [0.4, 0.5) is 0 Å². The largest absolute Gasteiger partial charge is 0.395 e. The fourth-order valence-corrected chi connectivity index (χ4v) is 0.417. The van der Waals surface area contributed by atoms with Crippen LogP contribution in [0.5, 0.6) is 0 Å². The molecule has 0 saturated heterocycles. The Bertz CT molecular complexity index is 39.9. The molecule has 0 rings (SSSR count). The molecule has 0 heterocycles. The molecule has 0 atom stereocenters. The predicted molar refractivity (Wildman–Crippen MR) is 39.6 cm³/mol. The summed E-state index contributed by atoms with van der Waals surface area (Å²) >= 11 is 0. The maximum absolute atomic E-state index is 8.28. The van der Waals surface area contributed by atoms with Crippen molar-refractivity contribution in [2.75, 3.05) is 33.3 Å². The zero-order chi connectivity index (χ0) is 6.24. The molecular weight excluding hydrogens is 127 g/mol. The zero-order valence-corrected chi connectivity index (χ0v) is 8.28. The molecule has 0 aromatic rings. The summed E-state index contributed by atoms with van der Waals surface area (Å²) in [6, 6.07) is 0. The van der Waals surface area contributed by atoms with Crippen LogP contribution >= 0.6 is 0 Å². The van der Waals surface area contributed by atoms with Gasteiger partial charge in [0, 0.05) is 49.2 Å². The molecule has 0 spiro atoms. The number of nitrogens with one attached hydrogen (secondary N) is 2. The molecule has 0 aliphatic carbocycles. The third kappa shape index (κ3) is 12.2. The Labute approximate surface area is 78.5 Å². The first-order valence-electron chi connectivity index (χ1n) is 2.88. The van der Waals surface area contributed by atoms with E-state index >= 15 is 0 Å². The van der Waals surface area contributed by atoms with Gasteiger partial charge in [0.1, 0.15) is 0 Å². The van der Waals surface area contributed by atoms with Crippen LogP contribution in [0.1, 0.15) is 0 Å². The molecule has 0 fully saturated rings. The van der Waals surface area contributed by atoms with Crippen molar-refractivity contribution in [3.05, 3.63) is 0 Å². The van der Waals surface area contributed by atoms with Crippen molar-refractivity contribution in [2.24, 2.45) is 0 Å². The molecule has 1 radical (unpaired) electrons. The quantitative estimate of drug-likeness (QED) is 0.319. The van der Waals surface area contributed by atoms with E-state index < -0.39 is 0 Å². The second-order valence-corrected chi connectivity index (χ2v) is 1.58. The summed E-state index contributed by atoms with van der Waals surface area (Å²) in [5.74, 6) is 0. The van der Waals surface area contributed by atoms with Gasteiger partial charge in [0.15, 0.2) is 0 Å². The van der Waals surface area contributed by atoms with E-state index in [1.54, 1.807) is 0 Å². The topological polar surface area (TPSA) is 44.3 Å². The number of aliphatic hydroxyl groups is 1. The van der Waals surface area contributed by atoms with E-state index in [2.05, 4.69) is 10.6 Å². The van der Waals surface area contributed by atoms with Gasteiger partial charge in [-0.3, -0.25) is 0 Å². The maximum atomic E-state index is 8.28. The fourth-order valence-electron chi connectivity index (χ4n) is 0.417. The minimum Gasteiger partial charge on any atom is -0.395 e.